The van der Waals surface area contributed by atoms with Gasteiger partial charge in [0.1, 0.15) is 5.75 Å². The van der Waals surface area contributed by atoms with Gasteiger partial charge in [0.2, 0.25) is 5.91 Å². The van der Waals surface area contributed by atoms with Gasteiger partial charge in [-0.15, -0.1) is 0 Å². The molecule has 1 heterocycles. The highest BCUT2D eigenvalue weighted by atomic mass is 16.5. The van der Waals surface area contributed by atoms with Crippen LogP contribution < -0.4 is 10.1 Å². The van der Waals surface area contributed by atoms with Gasteiger partial charge in [0.25, 0.3) is 0 Å². The Labute approximate surface area is 149 Å². The van der Waals surface area contributed by atoms with Gasteiger partial charge < -0.3 is 10.1 Å². The molecule has 0 fully saturated rings. The Morgan fingerprint density at radius 2 is 1.88 bits per heavy atom. The second-order valence-corrected chi connectivity index (χ2v) is 6.78. The minimum atomic E-state index is 0.0307. The lowest BCUT2D eigenvalue weighted by Crippen LogP contribution is -2.42. The predicted octanol–water partition coefficient (Wildman–Crippen LogP) is 3.54. The number of nitrogens with one attached hydrogen (secondary N) is 1. The third-order valence-corrected chi connectivity index (χ3v) is 4.60. The van der Waals surface area contributed by atoms with E-state index in [9.17, 15) is 4.79 Å². The molecule has 3 rings (SSSR count). The minimum Gasteiger partial charge on any atom is -0.493 e. The molecule has 0 bridgehead atoms. The first-order valence-corrected chi connectivity index (χ1v) is 8.92. The van der Waals surface area contributed by atoms with E-state index in [1.165, 1.54) is 5.56 Å². The summed E-state index contributed by atoms with van der Waals surface area (Å²) in [6.07, 6.45) is 0.809. The zero-order valence-electron chi connectivity index (χ0n) is 14.9. The van der Waals surface area contributed by atoms with E-state index in [0.717, 1.165) is 24.3 Å². The van der Waals surface area contributed by atoms with E-state index in [2.05, 4.69) is 36.2 Å². The van der Waals surface area contributed by atoms with Crippen molar-refractivity contribution < 1.29 is 9.53 Å². The van der Waals surface area contributed by atoms with E-state index >= 15 is 0 Å². The SMILES string of the molecule is CC(C)N(CC(=O)NC1CCOc2ccccc21)Cc1ccccc1. The molecular formula is C21H26N2O2. The van der Waals surface area contributed by atoms with Crippen molar-refractivity contribution in [3.05, 3.63) is 65.7 Å². The molecule has 0 saturated carbocycles. The summed E-state index contributed by atoms with van der Waals surface area (Å²) in [4.78, 5) is 14.8. The Morgan fingerprint density at radius 3 is 2.64 bits per heavy atom. The Balaban J connectivity index is 1.63. The number of carbonyl (C=O) groups excluding carboxylic acids is 1. The van der Waals surface area contributed by atoms with Crippen molar-refractivity contribution in [2.45, 2.75) is 38.9 Å². The molecule has 2 aromatic rings. The van der Waals surface area contributed by atoms with Crippen molar-refractivity contribution >= 4 is 5.91 Å². The van der Waals surface area contributed by atoms with E-state index in [0.29, 0.717) is 19.2 Å². The number of rotatable bonds is 6. The van der Waals surface area contributed by atoms with Crippen LogP contribution >= 0.6 is 0 Å². The van der Waals surface area contributed by atoms with E-state index in [4.69, 9.17) is 4.74 Å². The molecule has 4 nitrogen and oxygen atoms in total. The van der Waals surface area contributed by atoms with Crippen molar-refractivity contribution in [2.75, 3.05) is 13.2 Å². The van der Waals surface area contributed by atoms with Crippen molar-refractivity contribution in [1.82, 2.24) is 10.2 Å². The van der Waals surface area contributed by atoms with Gasteiger partial charge in [-0.1, -0.05) is 48.5 Å². The maximum Gasteiger partial charge on any atom is 0.234 e. The van der Waals surface area contributed by atoms with Gasteiger partial charge in [0.15, 0.2) is 0 Å². The highest BCUT2D eigenvalue weighted by Crippen LogP contribution is 2.31. The molecule has 0 aliphatic carbocycles. The van der Waals surface area contributed by atoms with Crippen LogP contribution in [0.3, 0.4) is 0 Å². The van der Waals surface area contributed by atoms with Crippen LogP contribution in [0.2, 0.25) is 0 Å². The molecule has 1 N–H and O–H groups in total. The molecular weight excluding hydrogens is 312 g/mol. The van der Waals surface area contributed by atoms with Crippen LogP contribution in [0.1, 0.15) is 37.4 Å². The number of carbonyl (C=O) groups is 1. The van der Waals surface area contributed by atoms with Gasteiger partial charge in [0.05, 0.1) is 19.2 Å². The lowest BCUT2D eigenvalue weighted by molar-refractivity contribution is -0.123. The first-order valence-electron chi connectivity index (χ1n) is 8.92. The summed E-state index contributed by atoms with van der Waals surface area (Å²) in [6, 6.07) is 18.6. The van der Waals surface area contributed by atoms with Gasteiger partial charge in [0, 0.05) is 24.6 Å². The van der Waals surface area contributed by atoms with E-state index < -0.39 is 0 Å². The third-order valence-electron chi connectivity index (χ3n) is 4.60. The Hall–Kier alpha value is -2.33. The lowest BCUT2D eigenvalue weighted by atomic mass is 10.0. The summed E-state index contributed by atoms with van der Waals surface area (Å²) in [5, 5.41) is 3.19. The average molecular weight is 338 g/mol. The molecule has 1 amide bonds. The van der Waals surface area contributed by atoms with Gasteiger partial charge in [-0.3, -0.25) is 9.69 Å². The van der Waals surface area contributed by atoms with Crippen molar-refractivity contribution in [1.29, 1.82) is 0 Å². The maximum atomic E-state index is 12.6. The summed E-state index contributed by atoms with van der Waals surface area (Å²) in [7, 11) is 0. The van der Waals surface area contributed by atoms with Crippen molar-refractivity contribution in [3.8, 4) is 5.75 Å². The fourth-order valence-corrected chi connectivity index (χ4v) is 3.16. The van der Waals surface area contributed by atoms with Crippen LogP contribution in [-0.2, 0) is 11.3 Å². The molecule has 1 aliphatic heterocycles. The van der Waals surface area contributed by atoms with Crippen LogP contribution in [0.25, 0.3) is 0 Å². The predicted molar refractivity (Wildman–Crippen MR) is 99.4 cm³/mol. The Kier molecular flexibility index (Phi) is 5.71. The lowest BCUT2D eigenvalue weighted by Gasteiger charge is -2.29. The number of amides is 1. The molecule has 0 radical (unpaired) electrons. The first kappa shape index (κ1) is 17.5. The standard InChI is InChI=1S/C21H26N2O2/c1-16(2)23(14-17-8-4-3-5-9-17)15-21(24)22-19-12-13-25-20-11-7-6-10-18(19)20/h3-11,16,19H,12-15H2,1-2H3,(H,22,24). The number of fused-ring (bicyclic) bond motifs is 1. The van der Waals surface area contributed by atoms with E-state index in [1.807, 2.05) is 42.5 Å². The van der Waals surface area contributed by atoms with Crippen LogP contribution in [0.5, 0.6) is 5.75 Å². The Morgan fingerprint density at radius 1 is 1.16 bits per heavy atom. The zero-order chi connectivity index (χ0) is 17.6. The highest BCUT2D eigenvalue weighted by molar-refractivity contribution is 5.78. The second kappa shape index (κ2) is 8.17. The average Bonchev–Trinajstić information content (AvgIpc) is 2.62. The third kappa shape index (κ3) is 4.60. The zero-order valence-corrected chi connectivity index (χ0v) is 14.9. The van der Waals surface area contributed by atoms with Crippen molar-refractivity contribution in [3.63, 3.8) is 0 Å². The van der Waals surface area contributed by atoms with E-state index in [-0.39, 0.29) is 11.9 Å². The minimum absolute atomic E-state index is 0.0307. The summed E-state index contributed by atoms with van der Waals surface area (Å²) in [5.74, 6) is 0.940. The molecule has 1 aliphatic rings. The first-order chi connectivity index (χ1) is 12.1. The molecule has 0 aromatic heterocycles. The highest BCUT2D eigenvalue weighted by Gasteiger charge is 2.23. The number of para-hydroxylation sites is 1. The Bertz CT molecular complexity index is 700. The number of nitrogens with zero attached hydrogens (tertiary/aromatic N) is 1. The second-order valence-electron chi connectivity index (χ2n) is 6.78. The topological polar surface area (TPSA) is 41.6 Å². The van der Waals surface area contributed by atoms with E-state index in [1.54, 1.807) is 0 Å². The molecule has 0 spiro atoms. The van der Waals surface area contributed by atoms with Gasteiger partial charge >= 0.3 is 0 Å². The monoisotopic (exact) mass is 338 g/mol. The molecule has 1 atom stereocenters. The molecule has 0 saturated heterocycles. The number of ether oxygens (including phenoxy) is 1. The summed E-state index contributed by atoms with van der Waals surface area (Å²) in [5.41, 5.74) is 2.29. The quantitative estimate of drug-likeness (QED) is 0.876. The van der Waals surface area contributed by atoms with Gasteiger partial charge in [-0.05, 0) is 25.5 Å². The van der Waals surface area contributed by atoms with Crippen LogP contribution in [0.15, 0.2) is 54.6 Å². The fourth-order valence-electron chi connectivity index (χ4n) is 3.16. The summed E-state index contributed by atoms with van der Waals surface area (Å²) < 4.78 is 5.67. The molecule has 1 unspecified atom stereocenters. The fraction of sp³-hybridized carbons (Fsp3) is 0.381. The molecule has 2 aromatic carbocycles. The summed E-state index contributed by atoms with van der Waals surface area (Å²) >= 11 is 0. The van der Waals surface area contributed by atoms with Crippen LogP contribution in [-0.4, -0.2) is 30.0 Å². The number of hydrogen-bond acceptors (Lipinski definition) is 3. The largest absolute Gasteiger partial charge is 0.493 e. The van der Waals surface area contributed by atoms with Crippen LogP contribution in [0.4, 0.5) is 0 Å². The molecule has 132 valence electrons. The van der Waals surface area contributed by atoms with Gasteiger partial charge in [-0.25, -0.2) is 0 Å². The van der Waals surface area contributed by atoms with Gasteiger partial charge in [-0.2, -0.15) is 0 Å². The smallest absolute Gasteiger partial charge is 0.234 e. The summed E-state index contributed by atoms with van der Waals surface area (Å²) in [6.45, 7) is 6.06. The van der Waals surface area contributed by atoms with Crippen molar-refractivity contribution in [2.24, 2.45) is 0 Å². The normalized spacial score (nSPS) is 16.4. The van der Waals surface area contributed by atoms with Crippen LogP contribution in [0, 0.1) is 0 Å². The molecule has 4 heteroatoms. The maximum absolute atomic E-state index is 12.6. The molecule has 25 heavy (non-hydrogen) atoms. The number of benzene rings is 2. The number of hydrogen-bond donors (Lipinski definition) is 1.